The van der Waals surface area contributed by atoms with Gasteiger partial charge in [0.05, 0.1) is 17.6 Å². The average Bonchev–Trinajstić information content (AvgIpc) is 3.23. The van der Waals surface area contributed by atoms with Crippen LogP contribution >= 0.6 is 22.9 Å². The normalized spacial score (nSPS) is 10.6. The SMILES string of the molecule is COc1ccc(CNc2ncccc2-c2ncc(-c3cccnc3Cl)s2)cc1. The minimum atomic E-state index is 0.474. The van der Waals surface area contributed by atoms with E-state index >= 15 is 0 Å². The summed E-state index contributed by atoms with van der Waals surface area (Å²) in [5.41, 5.74) is 2.97. The number of benzene rings is 1. The van der Waals surface area contributed by atoms with Crippen LogP contribution in [0.4, 0.5) is 5.82 Å². The third-order valence-electron chi connectivity index (χ3n) is 4.19. The van der Waals surface area contributed by atoms with Crippen LogP contribution in [-0.4, -0.2) is 22.1 Å². The van der Waals surface area contributed by atoms with E-state index in [0.717, 1.165) is 38.1 Å². The molecule has 0 saturated heterocycles. The average molecular weight is 409 g/mol. The molecule has 0 unspecified atom stereocenters. The predicted molar refractivity (Wildman–Crippen MR) is 114 cm³/mol. The molecule has 0 radical (unpaired) electrons. The van der Waals surface area contributed by atoms with Gasteiger partial charge < -0.3 is 10.1 Å². The molecule has 3 aromatic heterocycles. The van der Waals surface area contributed by atoms with Gasteiger partial charge in [0.15, 0.2) is 0 Å². The monoisotopic (exact) mass is 408 g/mol. The minimum absolute atomic E-state index is 0.474. The molecule has 0 aliphatic carbocycles. The lowest BCUT2D eigenvalue weighted by molar-refractivity contribution is 0.414. The van der Waals surface area contributed by atoms with E-state index in [0.29, 0.717) is 11.7 Å². The number of aromatic nitrogens is 3. The van der Waals surface area contributed by atoms with Crippen LogP contribution in [0.5, 0.6) is 5.75 Å². The molecule has 0 saturated carbocycles. The van der Waals surface area contributed by atoms with Crippen LogP contribution in [-0.2, 0) is 6.54 Å². The van der Waals surface area contributed by atoms with Gasteiger partial charge in [-0.25, -0.2) is 15.0 Å². The van der Waals surface area contributed by atoms with E-state index in [1.54, 1.807) is 30.8 Å². The molecule has 0 aliphatic rings. The molecule has 3 heterocycles. The van der Waals surface area contributed by atoms with Crippen molar-refractivity contribution in [2.24, 2.45) is 0 Å². The summed E-state index contributed by atoms with van der Waals surface area (Å²) in [6.45, 7) is 0.653. The zero-order valence-corrected chi connectivity index (χ0v) is 16.7. The van der Waals surface area contributed by atoms with Crippen LogP contribution in [0, 0.1) is 0 Å². The smallest absolute Gasteiger partial charge is 0.137 e. The number of hydrogen-bond acceptors (Lipinski definition) is 6. The Hall–Kier alpha value is -2.96. The summed E-state index contributed by atoms with van der Waals surface area (Å²) in [4.78, 5) is 14.2. The second kappa shape index (κ2) is 8.37. The van der Waals surface area contributed by atoms with E-state index in [1.807, 2.05) is 54.7 Å². The fourth-order valence-corrected chi connectivity index (χ4v) is 3.99. The summed E-state index contributed by atoms with van der Waals surface area (Å²) >= 11 is 7.78. The van der Waals surface area contributed by atoms with Crippen molar-refractivity contribution >= 4 is 28.8 Å². The summed E-state index contributed by atoms with van der Waals surface area (Å²) < 4.78 is 5.20. The Morgan fingerprint density at radius 3 is 2.46 bits per heavy atom. The number of thiazole rings is 1. The Bertz CT molecular complexity index is 1080. The summed E-state index contributed by atoms with van der Waals surface area (Å²) in [5.74, 6) is 1.63. The second-order valence-electron chi connectivity index (χ2n) is 5.97. The first-order chi connectivity index (χ1) is 13.7. The van der Waals surface area contributed by atoms with E-state index < -0.39 is 0 Å². The van der Waals surface area contributed by atoms with E-state index in [-0.39, 0.29) is 0 Å². The van der Waals surface area contributed by atoms with Gasteiger partial charge in [-0.3, -0.25) is 0 Å². The number of methoxy groups -OCH3 is 1. The Balaban J connectivity index is 1.57. The lowest BCUT2D eigenvalue weighted by Crippen LogP contribution is -2.02. The summed E-state index contributed by atoms with van der Waals surface area (Å²) in [6, 6.07) is 15.7. The zero-order chi connectivity index (χ0) is 19.3. The van der Waals surface area contributed by atoms with E-state index in [2.05, 4.69) is 20.3 Å². The number of halogens is 1. The molecule has 0 aliphatic heterocycles. The maximum Gasteiger partial charge on any atom is 0.137 e. The fourth-order valence-electron chi connectivity index (χ4n) is 2.74. The van der Waals surface area contributed by atoms with Crippen LogP contribution in [0.1, 0.15) is 5.56 Å². The zero-order valence-electron chi connectivity index (χ0n) is 15.1. The number of rotatable bonds is 6. The third-order valence-corrected chi connectivity index (χ3v) is 5.55. The fraction of sp³-hybridized carbons (Fsp3) is 0.0952. The van der Waals surface area contributed by atoms with Gasteiger partial charge in [-0.2, -0.15) is 0 Å². The van der Waals surface area contributed by atoms with Gasteiger partial charge in [0, 0.05) is 30.7 Å². The maximum atomic E-state index is 6.22. The first kappa shape index (κ1) is 18.4. The maximum absolute atomic E-state index is 6.22. The van der Waals surface area contributed by atoms with Gasteiger partial charge in [-0.15, -0.1) is 11.3 Å². The van der Waals surface area contributed by atoms with Crippen molar-refractivity contribution in [1.82, 2.24) is 15.0 Å². The highest BCUT2D eigenvalue weighted by molar-refractivity contribution is 7.18. The van der Waals surface area contributed by atoms with Gasteiger partial charge in [0.25, 0.3) is 0 Å². The standard InChI is InChI=1S/C21H17ClN4OS/c1-27-15-8-6-14(7-9-15)12-25-20-17(5-3-11-24-20)21-26-13-18(28-21)16-4-2-10-23-19(16)22/h2-11,13H,12H2,1H3,(H,24,25). The molecular formula is C21H17ClN4OS. The quantitative estimate of drug-likeness (QED) is 0.424. The van der Waals surface area contributed by atoms with Gasteiger partial charge >= 0.3 is 0 Å². The third kappa shape index (κ3) is 3.98. The van der Waals surface area contributed by atoms with Crippen LogP contribution in [0.3, 0.4) is 0 Å². The van der Waals surface area contributed by atoms with Crippen molar-refractivity contribution in [3.8, 4) is 26.8 Å². The van der Waals surface area contributed by atoms with E-state index in [9.17, 15) is 0 Å². The number of ether oxygens (including phenoxy) is 1. The molecule has 0 spiro atoms. The summed E-state index contributed by atoms with van der Waals surface area (Å²) in [6.07, 6.45) is 5.27. The molecule has 140 valence electrons. The van der Waals surface area contributed by atoms with Gasteiger partial charge in [-0.1, -0.05) is 23.7 Å². The molecule has 0 atom stereocenters. The Morgan fingerprint density at radius 1 is 0.964 bits per heavy atom. The number of anilines is 1. The summed E-state index contributed by atoms with van der Waals surface area (Å²) in [5, 5.41) is 4.75. The molecule has 0 bridgehead atoms. The largest absolute Gasteiger partial charge is 0.497 e. The summed E-state index contributed by atoms with van der Waals surface area (Å²) in [7, 11) is 1.66. The van der Waals surface area contributed by atoms with E-state index in [4.69, 9.17) is 16.3 Å². The molecule has 4 rings (SSSR count). The molecular weight excluding hydrogens is 392 g/mol. The first-order valence-electron chi connectivity index (χ1n) is 8.63. The number of nitrogens with zero attached hydrogens (tertiary/aromatic N) is 3. The molecule has 4 aromatic rings. The number of pyridine rings is 2. The Morgan fingerprint density at radius 2 is 1.71 bits per heavy atom. The van der Waals surface area contributed by atoms with E-state index in [1.165, 1.54) is 0 Å². The highest BCUT2D eigenvalue weighted by Gasteiger charge is 2.13. The predicted octanol–water partition coefficient (Wildman–Crippen LogP) is 5.54. The molecule has 0 amide bonds. The van der Waals surface area contributed by atoms with Crippen molar-refractivity contribution in [2.75, 3.05) is 12.4 Å². The van der Waals surface area contributed by atoms with Crippen LogP contribution in [0.25, 0.3) is 21.0 Å². The second-order valence-corrected chi connectivity index (χ2v) is 7.36. The molecule has 1 aromatic carbocycles. The lowest BCUT2D eigenvalue weighted by Gasteiger charge is -2.10. The molecule has 0 fully saturated rings. The van der Waals surface area contributed by atoms with Gasteiger partial charge in [0.1, 0.15) is 21.7 Å². The number of hydrogen-bond donors (Lipinski definition) is 1. The highest BCUT2D eigenvalue weighted by Crippen LogP contribution is 2.36. The van der Waals surface area contributed by atoms with Crippen LogP contribution in [0.15, 0.2) is 67.1 Å². The van der Waals surface area contributed by atoms with Crippen LogP contribution < -0.4 is 10.1 Å². The lowest BCUT2D eigenvalue weighted by atomic mass is 10.2. The highest BCUT2D eigenvalue weighted by atomic mass is 35.5. The van der Waals surface area contributed by atoms with Crippen molar-refractivity contribution in [1.29, 1.82) is 0 Å². The van der Waals surface area contributed by atoms with Crippen molar-refractivity contribution < 1.29 is 4.74 Å². The topological polar surface area (TPSA) is 59.9 Å². The minimum Gasteiger partial charge on any atom is -0.497 e. The first-order valence-corrected chi connectivity index (χ1v) is 9.83. The van der Waals surface area contributed by atoms with Crippen LogP contribution in [0.2, 0.25) is 5.15 Å². The van der Waals surface area contributed by atoms with Crippen molar-refractivity contribution in [3.05, 3.63) is 77.8 Å². The number of nitrogens with one attached hydrogen (secondary N) is 1. The van der Waals surface area contributed by atoms with Crippen molar-refractivity contribution in [3.63, 3.8) is 0 Å². The molecule has 7 heteroatoms. The molecule has 1 N–H and O–H groups in total. The molecule has 5 nitrogen and oxygen atoms in total. The molecule has 28 heavy (non-hydrogen) atoms. The Labute approximate surface area is 172 Å². The van der Waals surface area contributed by atoms with Crippen molar-refractivity contribution in [2.45, 2.75) is 6.54 Å². The van der Waals surface area contributed by atoms with Gasteiger partial charge in [0.2, 0.25) is 0 Å². The van der Waals surface area contributed by atoms with Gasteiger partial charge in [-0.05, 0) is 42.0 Å². The Kier molecular flexibility index (Phi) is 5.50.